The maximum atomic E-state index is 11.9. The molecule has 0 atom stereocenters. The summed E-state index contributed by atoms with van der Waals surface area (Å²) < 4.78 is 7.44. The molecule has 1 N–H and O–H groups in total. The summed E-state index contributed by atoms with van der Waals surface area (Å²) in [5.74, 6) is 1.84. The molecule has 25 heavy (non-hydrogen) atoms. The molecule has 6 nitrogen and oxygen atoms in total. The van der Waals surface area contributed by atoms with Crippen molar-refractivity contribution in [3.05, 3.63) is 54.5 Å². The van der Waals surface area contributed by atoms with Crippen LogP contribution in [0.15, 0.2) is 58.3 Å². The number of amides is 1. The summed E-state index contributed by atoms with van der Waals surface area (Å²) in [6.45, 7) is 4.39. The number of furan rings is 1. The second-order valence-electron chi connectivity index (χ2n) is 5.85. The maximum Gasteiger partial charge on any atom is 0.230 e. The van der Waals surface area contributed by atoms with Crippen LogP contribution < -0.4 is 5.32 Å². The van der Waals surface area contributed by atoms with Gasteiger partial charge in [-0.25, -0.2) is 0 Å². The van der Waals surface area contributed by atoms with Crippen molar-refractivity contribution in [2.45, 2.75) is 31.6 Å². The van der Waals surface area contributed by atoms with Gasteiger partial charge in [-0.3, -0.25) is 9.36 Å². The van der Waals surface area contributed by atoms with Gasteiger partial charge < -0.3 is 9.73 Å². The number of benzene rings is 1. The molecule has 1 aromatic carbocycles. The van der Waals surface area contributed by atoms with Crippen molar-refractivity contribution in [2.24, 2.45) is 0 Å². The Kier molecular flexibility index (Phi) is 5.55. The van der Waals surface area contributed by atoms with Crippen LogP contribution in [-0.2, 0) is 11.3 Å². The quantitative estimate of drug-likeness (QED) is 0.658. The molecule has 2 heterocycles. The van der Waals surface area contributed by atoms with Crippen molar-refractivity contribution in [1.82, 2.24) is 20.1 Å². The summed E-state index contributed by atoms with van der Waals surface area (Å²) in [7, 11) is 0. The lowest BCUT2D eigenvalue weighted by atomic mass is 10.2. The fourth-order valence-electron chi connectivity index (χ4n) is 2.39. The molecule has 3 aromatic rings. The molecule has 0 aliphatic rings. The summed E-state index contributed by atoms with van der Waals surface area (Å²) in [6.07, 6.45) is 1.64. The Morgan fingerprint density at radius 1 is 1.20 bits per heavy atom. The zero-order valence-corrected chi connectivity index (χ0v) is 15.0. The van der Waals surface area contributed by atoms with Crippen LogP contribution in [0.4, 0.5) is 0 Å². The van der Waals surface area contributed by atoms with E-state index in [4.69, 9.17) is 4.42 Å². The number of hydrogen-bond donors (Lipinski definition) is 1. The molecule has 0 aliphatic carbocycles. The van der Waals surface area contributed by atoms with E-state index in [1.807, 2.05) is 60.9 Å². The highest BCUT2D eigenvalue weighted by molar-refractivity contribution is 7.99. The molecule has 7 heteroatoms. The van der Waals surface area contributed by atoms with Crippen LogP contribution in [-0.4, -0.2) is 32.5 Å². The highest BCUT2D eigenvalue weighted by atomic mass is 32.2. The van der Waals surface area contributed by atoms with Crippen LogP contribution in [0.1, 0.15) is 19.6 Å². The van der Waals surface area contributed by atoms with E-state index in [9.17, 15) is 4.79 Å². The average molecular weight is 356 g/mol. The lowest BCUT2D eigenvalue weighted by Gasteiger charge is -2.10. The van der Waals surface area contributed by atoms with E-state index in [1.54, 1.807) is 6.26 Å². The Morgan fingerprint density at radius 3 is 2.68 bits per heavy atom. The van der Waals surface area contributed by atoms with E-state index in [1.165, 1.54) is 11.8 Å². The van der Waals surface area contributed by atoms with E-state index in [2.05, 4.69) is 15.5 Å². The van der Waals surface area contributed by atoms with Gasteiger partial charge in [-0.05, 0) is 26.0 Å². The predicted molar refractivity (Wildman–Crippen MR) is 97.3 cm³/mol. The monoisotopic (exact) mass is 356 g/mol. The molecular formula is C18H20N4O2S. The maximum absolute atomic E-state index is 11.9. The fourth-order valence-corrected chi connectivity index (χ4v) is 3.14. The van der Waals surface area contributed by atoms with Gasteiger partial charge in [0.05, 0.1) is 18.6 Å². The number of hydrogen-bond acceptors (Lipinski definition) is 5. The molecule has 3 rings (SSSR count). The summed E-state index contributed by atoms with van der Waals surface area (Å²) in [5.41, 5.74) is 0.972. The largest absolute Gasteiger partial charge is 0.467 e. The molecule has 0 spiro atoms. The highest BCUT2D eigenvalue weighted by Crippen LogP contribution is 2.25. The first-order valence-corrected chi connectivity index (χ1v) is 9.05. The minimum Gasteiger partial charge on any atom is -0.467 e. The Labute approximate surface area is 150 Å². The van der Waals surface area contributed by atoms with Gasteiger partial charge in [-0.1, -0.05) is 42.1 Å². The van der Waals surface area contributed by atoms with Crippen LogP contribution >= 0.6 is 11.8 Å². The fraction of sp³-hybridized carbons (Fsp3) is 0.278. The van der Waals surface area contributed by atoms with Gasteiger partial charge in [-0.15, -0.1) is 10.2 Å². The van der Waals surface area contributed by atoms with Gasteiger partial charge >= 0.3 is 0 Å². The predicted octanol–water partition coefficient (Wildman–Crippen LogP) is 3.20. The third kappa shape index (κ3) is 4.51. The number of carbonyl (C=O) groups is 1. The van der Waals surface area contributed by atoms with Crippen LogP contribution in [0.25, 0.3) is 11.4 Å². The van der Waals surface area contributed by atoms with Gasteiger partial charge in [0.2, 0.25) is 5.91 Å². The molecule has 0 radical (unpaired) electrons. The SMILES string of the molecule is CC(C)NC(=O)CSc1nnc(-c2ccccc2)n1Cc1ccco1. The molecule has 0 fully saturated rings. The topological polar surface area (TPSA) is 73.0 Å². The van der Waals surface area contributed by atoms with Crippen LogP contribution in [0.2, 0.25) is 0 Å². The molecular weight excluding hydrogens is 336 g/mol. The summed E-state index contributed by atoms with van der Waals surface area (Å²) in [5, 5.41) is 12.2. The molecule has 0 aliphatic heterocycles. The summed E-state index contributed by atoms with van der Waals surface area (Å²) >= 11 is 1.37. The zero-order valence-electron chi connectivity index (χ0n) is 14.2. The van der Waals surface area contributed by atoms with Gasteiger partial charge in [0.1, 0.15) is 5.76 Å². The standard InChI is InChI=1S/C18H20N4O2S/c1-13(2)19-16(23)12-25-18-21-20-17(14-7-4-3-5-8-14)22(18)11-15-9-6-10-24-15/h3-10,13H,11-12H2,1-2H3,(H,19,23). The molecule has 0 bridgehead atoms. The van der Waals surface area contributed by atoms with Crippen molar-refractivity contribution in [3.63, 3.8) is 0 Å². The first-order chi connectivity index (χ1) is 12.1. The Bertz CT molecular complexity index is 813. The van der Waals surface area contributed by atoms with Crippen LogP contribution in [0.3, 0.4) is 0 Å². The number of rotatable bonds is 7. The van der Waals surface area contributed by atoms with E-state index in [0.717, 1.165) is 17.1 Å². The molecule has 0 saturated heterocycles. The number of nitrogens with zero attached hydrogens (tertiary/aromatic N) is 3. The number of nitrogens with one attached hydrogen (secondary N) is 1. The Balaban J connectivity index is 1.84. The van der Waals surface area contributed by atoms with Crippen molar-refractivity contribution in [1.29, 1.82) is 0 Å². The average Bonchev–Trinajstić information content (AvgIpc) is 3.24. The minimum atomic E-state index is -0.0196. The van der Waals surface area contributed by atoms with E-state index >= 15 is 0 Å². The van der Waals surface area contributed by atoms with Crippen molar-refractivity contribution in [3.8, 4) is 11.4 Å². The first-order valence-electron chi connectivity index (χ1n) is 8.06. The molecule has 0 unspecified atom stereocenters. The second kappa shape index (κ2) is 8.02. The van der Waals surface area contributed by atoms with Crippen LogP contribution in [0.5, 0.6) is 0 Å². The van der Waals surface area contributed by atoms with Crippen molar-refractivity contribution in [2.75, 3.05) is 5.75 Å². The Hall–Kier alpha value is -2.54. The van der Waals surface area contributed by atoms with Crippen molar-refractivity contribution < 1.29 is 9.21 Å². The van der Waals surface area contributed by atoms with E-state index < -0.39 is 0 Å². The Morgan fingerprint density at radius 2 is 2.00 bits per heavy atom. The van der Waals surface area contributed by atoms with Gasteiger partial charge in [-0.2, -0.15) is 0 Å². The van der Waals surface area contributed by atoms with Gasteiger partial charge in [0.15, 0.2) is 11.0 Å². The number of carbonyl (C=O) groups excluding carboxylic acids is 1. The lowest BCUT2D eigenvalue weighted by molar-refractivity contribution is -0.119. The highest BCUT2D eigenvalue weighted by Gasteiger charge is 2.17. The van der Waals surface area contributed by atoms with Gasteiger partial charge in [0, 0.05) is 11.6 Å². The summed E-state index contributed by atoms with van der Waals surface area (Å²) in [4.78, 5) is 11.9. The van der Waals surface area contributed by atoms with E-state index in [-0.39, 0.29) is 11.9 Å². The minimum absolute atomic E-state index is 0.0196. The molecule has 2 aromatic heterocycles. The second-order valence-corrected chi connectivity index (χ2v) is 6.79. The molecule has 0 saturated carbocycles. The lowest BCUT2D eigenvalue weighted by Crippen LogP contribution is -2.31. The molecule has 130 valence electrons. The zero-order chi connectivity index (χ0) is 17.6. The van der Waals surface area contributed by atoms with Gasteiger partial charge in [0.25, 0.3) is 0 Å². The number of aromatic nitrogens is 3. The first kappa shape index (κ1) is 17.3. The molecule has 1 amide bonds. The summed E-state index contributed by atoms with van der Waals surface area (Å²) in [6, 6.07) is 13.7. The third-order valence-corrected chi connectivity index (χ3v) is 4.39. The number of thioether (sulfide) groups is 1. The smallest absolute Gasteiger partial charge is 0.230 e. The van der Waals surface area contributed by atoms with E-state index in [0.29, 0.717) is 17.5 Å². The third-order valence-electron chi connectivity index (χ3n) is 3.42. The van der Waals surface area contributed by atoms with Crippen molar-refractivity contribution >= 4 is 17.7 Å². The van der Waals surface area contributed by atoms with Crippen LogP contribution in [0, 0.1) is 0 Å². The normalized spacial score (nSPS) is 11.0.